The minimum Gasteiger partial charge on any atom is -0.456 e. The van der Waals surface area contributed by atoms with Crippen LogP contribution in [0, 0.1) is 0 Å². The third-order valence-electron chi connectivity index (χ3n) is 9.42. The highest BCUT2D eigenvalue weighted by Crippen LogP contribution is 2.33. The van der Waals surface area contributed by atoms with Crippen LogP contribution in [0.2, 0.25) is 0 Å². The molecule has 0 bridgehead atoms. The predicted molar refractivity (Wildman–Crippen MR) is 233 cm³/mol. The molecule has 8 aromatic rings. The van der Waals surface area contributed by atoms with Gasteiger partial charge >= 0.3 is 5.97 Å². The molecular formula is C48H45N5O5. The monoisotopic (exact) mass is 771 g/mol. The summed E-state index contributed by atoms with van der Waals surface area (Å²) >= 11 is 0. The van der Waals surface area contributed by atoms with Gasteiger partial charge in [0.1, 0.15) is 5.60 Å². The summed E-state index contributed by atoms with van der Waals surface area (Å²) in [5.41, 5.74) is 12.7. The fourth-order valence-electron chi connectivity index (χ4n) is 6.86. The molecule has 0 aliphatic heterocycles. The molecule has 8 rings (SSSR count). The molecule has 4 aromatic carbocycles. The van der Waals surface area contributed by atoms with Gasteiger partial charge in [0, 0.05) is 59.5 Å². The maximum Gasteiger partial charge on any atom is 0.341 e. The first-order chi connectivity index (χ1) is 28.0. The second-order valence-corrected chi connectivity index (χ2v) is 14.8. The summed E-state index contributed by atoms with van der Waals surface area (Å²) in [6.07, 6.45) is 12.0. The van der Waals surface area contributed by atoms with E-state index >= 15 is 0 Å². The number of nitrogens with one attached hydrogen (secondary N) is 2. The summed E-state index contributed by atoms with van der Waals surface area (Å²) in [6.45, 7) is 6.06. The minimum absolute atomic E-state index is 0.241. The quantitative estimate of drug-likeness (QED) is 0.117. The Morgan fingerprint density at radius 1 is 0.621 bits per heavy atom. The van der Waals surface area contributed by atoms with Crippen molar-refractivity contribution in [3.05, 3.63) is 154 Å². The maximum absolute atomic E-state index is 13.0. The van der Waals surface area contributed by atoms with Gasteiger partial charge < -0.3 is 29.9 Å². The van der Waals surface area contributed by atoms with Gasteiger partial charge in [0.05, 0.1) is 46.8 Å². The molecule has 0 spiro atoms. The van der Waals surface area contributed by atoms with Gasteiger partial charge in [-0.15, -0.1) is 0 Å². The molecule has 0 saturated carbocycles. The molecule has 0 atom stereocenters. The molecule has 58 heavy (non-hydrogen) atoms. The third-order valence-corrected chi connectivity index (χ3v) is 9.42. The molecule has 0 saturated heterocycles. The van der Waals surface area contributed by atoms with Gasteiger partial charge in [-0.2, -0.15) is 0 Å². The highest BCUT2D eigenvalue weighted by molar-refractivity contribution is 6.16. The van der Waals surface area contributed by atoms with Crippen LogP contribution in [-0.2, 0) is 27.4 Å². The number of benzene rings is 4. The fraction of sp³-hybridized carbons (Fsp3) is 0.167. The molecule has 4 heterocycles. The highest BCUT2D eigenvalue weighted by atomic mass is 16.6. The average molecular weight is 772 g/mol. The number of rotatable bonds is 10. The topological polar surface area (TPSA) is 145 Å². The van der Waals surface area contributed by atoms with E-state index in [9.17, 15) is 9.59 Å². The van der Waals surface area contributed by atoms with E-state index < -0.39 is 11.5 Å². The molecule has 10 nitrogen and oxygen atoms in total. The Bertz CT molecular complexity index is 2810. The van der Waals surface area contributed by atoms with E-state index in [0.717, 1.165) is 65.9 Å². The summed E-state index contributed by atoms with van der Waals surface area (Å²) in [4.78, 5) is 40.9. The summed E-state index contributed by atoms with van der Waals surface area (Å²) in [6, 6.07) is 32.1. The Kier molecular flexibility index (Phi) is 11.6. The van der Waals surface area contributed by atoms with Gasteiger partial charge in [0.15, 0.2) is 0 Å². The Balaban J connectivity index is 0.000000178. The van der Waals surface area contributed by atoms with Crippen LogP contribution in [0.3, 0.4) is 0 Å². The number of primary amides is 1. The van der Waals surface area contributed by atoms with Crippen LogP contribution in [0.25, 0.3) is 67.7 Å². The number of fused-ring (bicyclic) bond motifs is 6. The second-order valence-electron chi connectivity index (χ2n) is 14.8. The molecule has 0 radical (unpaired) electrons. The van der Waals surface area contributed by atoms with Crippen LogP contribution in [0.4, 0.5) is 0 Å². The van der Waals surface area contributed by atoms with Crippen molar-refractivity contribution in [1.29, 1.82) is 0 Å². The van der Waals surface area contributed by atoms with Crippen LogP contribution in [0.5, 0.6) is 0 Å². The van der Waals surface area contributed by atoms with Crippen LogP contribution >= 0.6 is 0 Å². The lowest BCUT2D eigenvalue weighted by molar-refractivity contribution is 0.00681. The lowest BCUT2D eigenvalue weighted by atomic mass is 10.0. The SMILES string of the molecule is COCc1nc2c(ccc3c[nH]c(/C=C/c4ccccc4)cc32)c1C(=O)OC(C)(C)C.COCc1nc2c(ccc3c[nH]c(/C=C/c4ccccc4)cc32)c1C(N)=O. The Morgan fingerprint density at radius 3 is 1.50 bits per heavy atom. The molecule has 0 unspecified atom stereocenters. The van der Waals surface area contributed by atoms with Gasteiger partial charge in [-0.1, -0.05) is 97.1 Å². The molecule has 292 valence electrons. The van der Waals surface area contributed by atoms with E-state index in [2.05, 4.69) is 39.2 Å². The normalized spacial score (nSPS) is 11.9. The number of aromatic amines is 2. The standard InChI is InChI=1S/C26H26N2O3.C22H19N3O2/c1-26(2,3)31-25(29)23-20-13-11-18-15-27-19(12-10-17-8-6-5-7-9-17)14-21(18)24(20)28-22(23)16-30-4;1-27-13-19-20(22(23)26)17-10-8-15-12-24-16(11-18(15)21(17)25-19)9-7-14-5-3-2-4-6-14/h5-15,27H,16H2,1-4H3;2-12,24H,13H2,1H3,(H2,23,26)/b12-10+;9-7+. The first-order valence-electron chi connectivity index (χ1n) is 18.9. The van der Waals surface area contributed by atoms with Crippen molar-refractivity contribution < 1.29 is 23.8 Å². The number of nitrogens with two attached hydrogens (primary N) is 1. The van der Waals surface area contributed by atoms with Crippen molar-refractivity contribution in [2.45, 2.75) is 39.6 Å². The van der Waals surface area contributed by atoms with E-state index in [1.807, 2.05) is 130 Å². The van der Waals surface area contributed by atoms with E-state index in [1.54, 1.807) is 14.2 Å². The largest absolute Gasteiger partial charge is 0.456 e. The zero-order chi connectivity index (χ0) is 40.8. The number of carbonyl (C=O) groups excluding carboxylic acids is 2. The molecule has 0 fully saturated rings. The summed E-state index contributed by atoms with van der Waals surface area (Å²) in [7, 11) is 3.17. The van der Waals surface area contributed by atoms with Gasteiger partial charge in [0.2, 0.25) is 0 Å². The molecule has 4 N–H and O–H groups in total. The van der Waals surface area contributed by atoms with Crippen LogP contribution in [0.1, 0.15) is 75.4 Å². The second kappa shape index (κ2) is 17.1. The first kappa shape index (κ1) is 39.4. The van der Waals surface area contributed by atoms with Crippen molar-refractivity contribution in [3.63, 3.8) is 0 Å². The number of pyridine rings is 2. The van der Waals surface area contributed by atoms with Crippen LogP contribution < -0.4 is 5.73 Å². The van der Waals surface area contributed by atoms with Crippen molar-refractivity contribution in [3.8, 4) is 0 Å². The number of hydrogen-bond acceptors (Lipinski definition) is 7. The molecule has 1 amide bonds. The number of H-pyrrole nitrogens is 2. The lowest BCUT2D eigenvalue weighted by Crippen LogP contribution is -2.24. The van der Waals surface area contributed by atoms with E-state index in [0.29, 0.717) is 22.5 Å². The van der Waals surface area contributed by atoms with Gasteiger partial charge in [-0.3, -0.25) is 4.79 Å². The summed E-state index contributed by atoms with van der Waals surface area (Å²) in [5, 5.41) is 5.49. The van der Waals surface area contributed by atoms with Crippen LogP contribution in [0.15, 0.2) is 109 Å². The Morgan fingerprint density at radius 2 is 1.07 bits per heavy atom. The maximum atomic E-state index is 13.0. The van der Waals surface area contributed by atoms with E-state index in [4.69, 9.17) is 24.9 Å². The van der Waals surface area contributed by atoms with E-state index in [1.165, 1.54) is 0 Å². The number of amides is 1. The Labute approximate surface area is 336 Å². The molecule has 0 aliphatic rings. The van der Waals surface area contributed by atoms with Crippen molar-refractivity contribution >= 4 is 79.5 Å². The van der Waals surface area contributed by atoms with Gasteiger partial charge in [-0.05, 0) is 67.0 Å². The Hall–Kier alpha value is -6.88. The lowest BCUT2D eigenvalue weighted by Gasteiger charge is -2.19. The molecule has 0 aliphatic carbocycles. The number of nitrogens with zero attached hydrogens (tertiary/aromatic N) is 2. The molecule has 10 heteroatoms. The zero-order valence-electron chi connectivity index (χ0n) is 33.1. The number of esters is 1. The third kappa shape index (κ3) is 8.73. The fourth-order valence-corrected chi connectivity index (χ4v) is 6.86. The number of methoxy groups -OCH3 is 2. The number of carbonyl (C=O) groups is 2. The summed E-state index contributed by atoms with van der Waals surface area (Å²) in [5.74, 6) is -0.872. The van der Waals surface area contributed by atoms with Crippen molar-refractivity contribution in [2.75, 3.05) is 14.2 Å². The van der Waals surface area contributed by atoms with Crippen LogP contribution in [-0.4, -0.2) is 51.6 Å². The average Bonchev–Trinajstić information content (AvgIpc) is 3.78. The number of hydrogen-bond donors (Lipinski definition) is 3. The predicted octanol–water partition coefficient (Wildman–Crippen LogP) is 10.1. The zero-order valence-corrected chi connectivity index (χ0v) is 33.1. The highest BCUT2D eigenvalue weighted by Gasteiger charge is 2.26. The van der Waals surface area contributed by atoms with Crippen molar-refractivity contribution in [2.24, 2.45) is 5.73 Å². The molecule has 4 aromatic heterocycles. The molecular weight excluding hydrogens is 727 g/mol. The van der Waals surface area contributed by atoms with Crippen molar-refractivity contribution in [1.82, 2.24) is 19.9 Å². The van der Waals surface area contributed by atoms with Gasteiger partial charge in [0.25, 0.3) is 5.91 Å². The minimum atomic E-state index is -0.591. The number of ether oxygens (including phenoxy) is 3. The first-order valence-corrected chi connectivity index (χ1v) is 18.9. The van der Waals surface area contributed by atoms with Gasteiger partial charge in [-0.25, -0.2) is 14.8 Å². The summed E-state index contributed by atoms with van der Waals surface area (Å²) < 4.78 is 16.1. The van der Waals surface area contributed by atoms with E-state index in [-0.39, 0.29) is 19.2 Å². The number of aromatic nitrogens is 4. The smallest absolute Gasteiger partial charge is 0.341 e.